The van der Waals surface area contributed by atoms with Crippen LogP contribution in [-0.4, -0.2) is 4.57 Å². The van der Waals surface area contributed by atoms with Gasteiger partial charge in [0.2, 0.25) is 0 Å². The van der Waals surface area contributed by atoms with Crippen LogP contribution in [0.4, 0.5) is 0 Å². The number of rotatable bonds is 5. The SMILES string of the molecule is O=c1c2ccccc2c2cc(-c3ccccc3)ccc2n1-c1cccc(P(=O)(c2ccccc2)c2ccccc2)c1. The minimum absolute atomic E-state index is 0.105. The Bertz CT molecular complexity index is 2090. The Morgan fingerprint density at radius 2 is 1.00 bits per heavy atom. The Kier molecular flexibility index (Phi) is 6.23. The molecule has 0 aliphatic carbocycles. The smallest absolute Gasteiger partial charge is 0.263 e. The minimum atomic E-state index is -3.21. The van der Waals surface area contributed by atoms with Crippen LogP contribution < -0.4 is 21.5 Å². The van der Waals surface area contributed by atoms with E-state index in [1.54, 1.807) is 4.57 Å². The monoisotopic (exact) mass is 547 g/mol. The molecule has 0 spiro atoms. The van der Waals surface area contributed by atoms with Crippen LogP contribution in [0.15, 0.2) is 163 Å². The molecule has 0 fully saturated rings. The molecule has 0 unspecified atom stereocenters. The predicted octanol–water partition coefficient (Wildman–Crippen LogP) is 7.45. The number of fused-ring (bicyclic) bond motifs is 3. The van der Waals surface area contributed by atoms with E-state index in [1.807, 2.05) is 133 Å². The molecule has 0 aliphatic rings. The molecule has 0 radical (unpaired) electrons. The van der Waals surface area contributed by atoms with E-state index in [-0.39, 0.29) is 5.56 Å². The zero-order valence-electron chi connectivity index (χ0n) is 22.2. The topological polar surface area (TPSA) is 39.1 Å². The Hall–Kier alpha value is -4.98. The van der Waals surface area contributed by atoms with Gasteiger partial charge in [-0.1, -0.05) is 127 Å². The fourth-order valence-electron chi connectivity index (χ4n) is 5.70. The van der Waals surface area contributed by atoms with Crippen LogP contribution in [0.3, 0.4) is 0 Å². The van der Waals surface area contributed by atoms with Crippen LogP contribution in [-0.2, 0) is 4.57 Å². The third-order valence-corrected chi connectivity index (χ3v) is 10.7. The highest BCUT2D eigenvalue weighted by atomic mass is 31.2. The first kappa shape index (κ1) is 25.0. The summed E-state index contributed by atoms with van der Waals surface area (Å²) in [5.41, 5.74) is 3.58. The molecule has 0 atom stereocenters. The summed E-state index contributed by atoms with van der Waals surface area (Å²) in [4.78, 5) is 14.1. The molecule has 6 aromatic carbocycles. The highest BCUT2D eigenvalue weighted by Crippen LogP contribution is 2.42. The third kappa shape index (κ3) is 4.23. The second kappa shape index (κ2) is 10.2. The van der Waals surface area contributed by atoms with Gasteiger partial charge >= 0.3 is 0 Å². The molecule has 4 heteroatoms. The van der Waals surface area contributed by atoms with Crippen LogP contribution in [0.25, 0.3) is 38.5 Å². The lowest BCUT2D eigenvalue weighted by atomic mass is 9.99. The largest absolute Gasteiger partial charge is 0.309 e. The number of hydrogen-bond acceptors (Lipinski definition) is 2. The molecule has 196 valence electrons. The van der Waals surface area contributed by atoms with Crippen molar-refractivity contribution in [3.63, 3.8) is 0 Å². The molecule has 0 amide bonds. The first-order valence-corrected chi connectivity index (χ1v) is 15.3. The van der Waals surface area contributed by atoms with Gasteiger partial charge in [0.05, 0.1) is 11.2 Å². The molecular formula is C37H26NO2P. The zero-order chi connectivity index (χ0) is 27.8. The Morgan fingerprint density at radius 3 is 1.66 bits per heavy atom. The van der Waals surface area contributed by atoms with Gasteiger partial charge < -0.3 is 4.57 Å². The molecule has 0 saturated heterocycles. The van der Waals surface area contributed by atoms with E-state index in [0.29, 0.717) is 16.4 Å². The average Bonchev–Trinajstić information content (AvgIpc) is 3.06. The minimum Gasteiger partial charge on any atom is -0.309 e. The van der Waals surface area contributed by atoms with Gasteiger partial charge in [-0.3, -0.25) is 9.36 Å². The Labute approximate surface area is 238 Å². The predicted molar refractivity (Wildman–Crippen MR) is 172 cm³/mol. The number of nitrogens with zero attached hydrogens (tertiary/aromatic N) is 1. The van der Waals surface area contributed by atoms with Gasteiger partial charge in [0.25, 0.3) is 5.56 Å². The number of hydrogen-bond donors (Lipinski definition) is 0. The molecule has 1 heterocycles. The highest BCUT2D eigenvalue weighted by Gasteiger charge is 2.30. The standard InChI is InChI=1S/C37H26NO2P/c39-37-34-22-11-10-21-33(34)35-25-28(27-13-4-1-5-14-27)23-24-36(35)38(37)29-15-12-20-32(26-29)41(40,30-16-6-2-7-17-30)31-18-8-3-9-19-31/h1-26H. The second-order valence-corrected chi connectivity index (χ2v) is 12.9. The molecule has 0 bridgehead atoms. The van der Waals surface area contributed by atoms with Gasteiger partial charge in [-0.15, -0.1) is 0 Å². The summed E-state index contributed by atoms with van der Waals surface area (Å²) in [5, 5.41) is 4.74. The van der Waals surface area contributed by atoms with E-state index >= 15 is 4.57 Å². The lowest BCUT2D eigenvalue weighted by molar-refractivity contribution is 0.592. The van der Waals surface area contributed by atoms with E-state index in [4.69, 9.17) is 0 Å². The summed E-state index contributed by atoms with van der Waals surface area (Å²) in [6, 6.07) is 51.1. The van der Waals surface area contributed by atoms with Crippen LogP contribution in [0.1, 0.15) is 0 Å². The Morgan fingerprint density at radius 1 is 0.439 bits per heavy atom. The molecule has 0 N–H and O–H groups in total. The number of benzene rings is 6. The third-order valence-electron chi connectivity index (χ3n) is 7.69. The fraction of sp³-hybridized carbons (Fsp3) is 0. The zero-order valence-corrected chi connectivity index (χ0v) is 23.1. The summed E-state index contributed by atoms with van der Waals surface area (Å²) in [5.74, 6) is 0. The van der Waals surface area contributed by atoms with Gasteiger partial charge in [-0.2, -0.15) is 0 Å². The van der Waals surface area contributed by atoms with Crippen molar-refractivity contribution in [2.75, 3.05) is 0 Å². The molecular weight excluding hydrogens is 521 g/mol. The first-order valence-electron chi connectivity index (χ1n) is 13.6. The summed E-state index contributed by atoms with van der Waals surface area (Å²) >= 11 is 0. The quantitative estimate of drug-likeness (QED) is 0.166. The van der Waals surface area contributed by atoms with Crippen molar-refractivity contribution in [3.8, 4) is 16.8 Å². The van der Waals surface area contributed by atoms with Crippen molar-refractivity contribution in [3.05, 3.63) is 168 Å². The van der Waals surface area contributed by atoms with E-state index < -0.39 is 7.14 Å². The molecule has 7 rings (SSSR count). The number of pyridine rings is 1. The van der Waals surface area contributed by atoms with Crippen molar-refractivity contribution in [2.24, 2.45) is 0 Å². The fourth-order valence-corrected chi connectivity index (χ4v) is 8.39. The molecule has 0 aliphatic heterocycles. The highest BCUT2D eigenvalue weighted by molar-refractivity contribution is 7.85. The van der Waals surface area contributed by atoms with Crippen molar-refractivity contribution in [2.45, 2.75) is 0 Å². The molecule has 1 aromatic heterocycles. The van der Waals surface area contributed by atoms with E-state index in [1.165, 1.54) is 0 Å². The van der Waals surface area contributed by atoms with Crippen LogP contribution >= 0.6 is 7.14 Å². The van der Waals surface area contributed by atoms with E-state index in [0.717, 1.165) is 38.0 Å². The van der Waals surface area contributed by atoms with Gasteiger partial charge in [-0.25, -0.2) is 0 Å². The van der Waals surface area contributed by atoms with Crippen molar-refractivity contribution < 1.29 is 4.57 Å². The summed E-state index contributed by atoms with van der Waals surface area (Å²) in [6.45, 7) is 0. The first-order chi connectivity index (χ1) is 20.1. The maximum Gasteiger partial charge on any atom is 0.263 e. The molecule has 3 nitrogen and oxygen atoms in total. The van der Waals surface area contributed by atoms with Gasteiger partial charge in [0.1, 0.15) is 0 Å². The maximum absolute atomic E-state index is 15.1. The lowest BCUT2D eigenvalue weighted by Crippen LogP contribution is -2.26. The molecule has 41 heavy (non-hydrogen) atoms. The van der Waals surface area contributed by atoms with Gasteiger partial charge in [0.15, 0.2) is 7.14 Å². The summed E-state index contributed by atoms with van der Waals surface area (Å²) < 4.78 is 16.8. The normalized spacial score (nSPS) is 11.6. The van der Waals surface area contributed by atoms with Crippen LogP contribution in [0, 0.1) is 0 Å². The lowest BCUT2D eigenvalue weighted by Gasteiger charge is -2.21. The average molecular weight is 548 g/mol. The Balaban J connectivity index is 1.50. The van der Waals surface area contributed by atoms with Crippen LogP contribution in [0.2, 0.25) is 0 Å². The van der Waals surface area contributed by atoms with E-state index in [2.05, 4.69) is 24.3 Å². The molecule has 7 aromatic rings. The van der Waals surface area contributed by atoms with E-state index in [9.17, 15) is 4.79 Å². The summed E-state index contributed by atoms with van der Waals surface area (Å²) in [7, 11) is -3.21. The summed E-state index contributed by atoms with van der Waals surface area (Å²) in [6.07, 6.45) is 0. The van der Waals surface area contributed by atoms with Gasteiger partial charge in [-0.05, 0) is 46.8 Å². The second-order valence-electron chi connectivity index (χ2n) is 10.1. The maximum atomic E-state index is 15.1. The molecule has 0 saturated carbocycles. The van der Waals surface area contributed by atoms with Gasteiger partial charge in [0, 0.05) is 26.7 Å². The van der Waals surface area contributed by atoms with Crippen molar-refractivity contribution in [1.29, 1.82) is 0 Å². The number of aromatic nitrogens is 1. The van der Waals surface area contributed by atoms with Crippen molar-refractivity contribution in [1.82, 2.24) is 4.57 Å². The van der Waals surface area contributed by atoms with Crippen LogP contribution in [0.5, 0.6) is 0 Å². The van der Waals surface area contributed by atoms with Crippen molar-refractivity contribution >= 4 is 44.7 Å².